The smallest absolute Gasteiger partial charge is 0.350 e. The Labute approximate surface area is 116 Å². The molecule has 1 N–H and O–H groups in total. The third-order valence-corrected chi connectivity index (χ3v) is 3.37. The standard InChI is InChI=1S/C14H19F3N2O/c1-13(2,19(3)4)9-18-12(20)10-5-7-11(8-6-10)14(15,16)17/h5-8H,9H2,1-4H3,(H,18,20). The number of carbonyl (C=O) groups excluding carboxylic acids is 1. The van der Waals surface area contributed by atoms with Gasteiger partial charge in [0.2, 0.25) is 0 Å². The number of halogens is 3. The molecule has 20 heavy (non-hydrogen) atoms. The van der Waals surface area contributed by atoms with Crippen LogP contribution in [0, 0.1) is 0 Å². The lowest BCUT2D eigenvalue weighted by molar-refractivity contribution is -0.137. The molecule has 0 bridgehead atoms. The number of amides is 1. The van der Waals surface area contributed by atoms with Crippen molar-refractivity contribution < 1.29 is 18.0 Å². The molecular formula is C14H19F3N2O. The van der Waals surface area contributed by atoms with Crippen molar-refractivity contribution >= 4 is 5.91 Å². The second kappa shape index (κ2) is 5.83. The first-order valence-electron chi connectivity index (χ1n) is 6.17. The average Bonchev–Trinajstić information content (AvgIpc) is 2.35. The highest BCUT2D eigenvalue weighted by molar-refractivity contribution is 5.94. The van der Waals surface area contributed by atoms with Crippen molar-refractivity contribution in [2.24, 2.45) is 0 Å². The Bertz CT molecular complexity index is 464. The van der Waals surface area contributed by atoms with Gasteiger partial charge < -0.3 is 10.2 Å². The number of benzene rings is 1. The van der Waals surface area contributed by atoms with Gasteiger partial charge in [-0.3, -0.25) is 4.79 Å². The Morgan fingerprint density at radius 2 is 1.65 bits per heavy atom. The monoisotopic (exact) mass is 288 g/mol. The first kappa shape index (κ1) is 16.5. The van der Waals surface area contributed by atoms with Gasteiger partial charge in [-0.1, -0.05) is 0 Å². The highest BCUT2D eigenvalue weighted by atomic mass is 19.4. The first-order valence-corrected chi connectivity index (χ1v) is 6.17. The van der Waals surface area contributed by atoms with Crippen molar-refractivity contribution in [2.45, 2.75) is 25.6 Å². The summed E-state index contributed by atoms with van der Waals surface area (Å²) in [5.41, 5.74) is -0.781. The van der Waals surface area contributed by atoms with E-state index in [4.69, 9.17) is 0 Å². The van der Waals surface area contributed by atoms with Crippen LogP contribution in [0.4, 0.5) is 13.2 Å². The van der Waals surface area contributed by atoms with Crippen LogP contribution < -0.4 is 5.32 Å². The van der Waals surface area contributed by atoms with Crippen LogP contribution in [0.1, 0.15) is 29.8 Å². The molecule has 0 aliphatic carbocycles. The van der Waals surface area contributed by atoms with Crippen molar-refractivity contribution in [3.8, 4) is 0 Å². The summed E-state index contributed by atoms with van der Waals surface area (Å²) in [5.74, 6) is -0.381. The third-order valence-electron chi connectivity index (χ3n) is 3.37. The molecule has 0 atom stereocenters. The van der Waals surface area contributed by atoms with Gasteiger partial charge in [-0.05, 0) is 52.2 Å². The number of carbonyl (C=O) groups is 1. The van der Waals surface area contributed by atoms with Gasteiger partial charge in [0.25, 0.3) is 5.91 Å². The molecule has 0 unspecified atom stereocenters. The fourth-order valence-corrected chi connectivity index (χ4v) is 1.37. The molecule has 1 amide bonds. The van der Waals surface area contributed by atoms with Crippen molar-refractivity contribution in [1.29, 1.82) is 0 Å². The molecule has 0 saturated carbocycles. The zero-order valence-corrected chi connectivity index (χ0v) is 12.0. The maximum absolute atomic E-state index is 12.4. The normalized spacial score (nSPS) is 12.6. The van der Waals surface area contributed by atoms with Gasteiger partial charge in [0.15, 0.2) is 0 Å². The fourth-order valence-electron chi connectivity index (χ4n) is 1.37. The molecule has 0 radical (unpaired) electrons. The van der Waals surface area contributed by atoms with Gasteiger partial charge in [-0.15, -0.1) is 0 Å². The van der Waals surface area contributed by atoms with Gasteiger partial charge in [-0.25, -0.2) is 0 Å². The third kappa shape index (κ3) is 4.23. The molecule has 3 nitrogen and oxygen atoms in total. The van der Waals surface area contributed by atoms with Crippen molar-refractivity contribution in [3.05, 3.63) is 35.4 Å². The molecule has 1 aromatic rings. The Balaban J connectivity index is 2.70. The quantitative estimate of drug-likeness (QED) is 0.924. The van der Waals surface area contributed by atoms with E-state index in [0.717, 1.165) is 12.1 Å². The van der Waals surface area contributed by atoms with Crippen LogP contribution in [0.15, 0.2) is 24.3 Å². The number of hydrogen-bond acceptors (Lipinski definition) is 2. The van der Waals surface area contributed by atoms with E-state index in [2.05, 4.69) is 5.32 Å². The molecule has 0 saturated heterocycles. The molecular weight excluding hydrogens is 269 g/mol. The van der Waals surface area contributed by atoms with Gasteiger partial charge in [0.1, 0.15) is 0 Å². The Kier molecular flexibility index (Phi) is 4.81. The van der Waals surface area contributed by atoms with E-state index < -0.39 is 11.7 Å². The summed E-state index contributed by atoms with van der Waals surface area (Å²) in [7, 11) is 3.79. The Hall–Kier alpha value is -1.56. The van der Waals surface area contributed by atoms with E-state index >= 15 is 0 Å². The molecule has 0 aromatic heterocycles. The van der Waals surface area contributed by atoms with Gasteiger partial charge in [-0.2, -0.15) is 13.2 Å². The van der Waals surface area contributed by atoms with E-state index in [1.54, 1.807) is 0 Å². The topological polar surface area (TPSA) is 32.3 Å². The molecule has 0 aliphatic rings. The summed E-state index contributed by atoms with van der Waals surface area (Å²) in [6.45, 7) is 4.32. The van der Waals surface area contributed by atoms with E-state index in [9.17, 15) is 18.0 Å². The van der Waals surface area contributed by atoms with Crippen LogP contribution in [0.2, 0.25) is 0 Å². The van der Waals surface area contributed by atoms with Crippen LogP contribution in [0.25, 0.3) is 0 Å². The fraction of sp³-hybridized carbons (Fsp3) is 0.500. The van der Waals surface area contributed by atoms with E-state index in [1.807, 2.05) is 32.8 Å². The maximum Gasteiger partial charge on any atom is 0.416 e. The minimum Gasteiger partial charge on any atom is -0.350 e. The minimum atomic E-state index is -4.39. The largest absolute Gasteiger partial charge is 0.416 e. The number of likely N-dealkylation sites (N-methyl/N-ethyl adjacent to an activating group) is 1. The Morgan fingerprint density at radius 1 is 1.15 bits per heavy atom. The summed E-state index contributed by atoms with van der Waals surface area (Å²) >= 11 is 0. The van der Waals surface area contributed by atoms with E-state index in [1.165, 1.54) is 12.1 Å². The summed E-state index contributed by atoms with van der Waals surface area (Å²) in [5, 5.41) is 2.72. The van der Waals surface area contributed by atoms with Gasteiger partial charge >= 0.3 is 6.18 Å². The molecule has 1 aromatic carbocycles. The maximum atomic E-state index is 12.4. The van der Waals surface area contributed by atoms with Crippen LogP contribution in [0.5, 0.6) is 0 Å². The number of rotatable bonds is 4. The number of nitrogens with one attached hydrogen (secondary N) is 1. The van der Waals surface area contributed by atoms with Crippen LogP contribution in [0.3, 0.4) is 0 Å². The summed E-state index contributed by atoms with van der Waals surface area (Å²) in [6.07, 6.45) is -4.39. The zero-order valence-electron chi connectivity index (χ0n) is 12.0. The highest BCUT2D eigenvalue weighted by Crippen LogP contribution is 2.29. The molecule has 0 spiro atoms. The predicted molar refractivity (Wildman–Crippen MR) is 71.5 cm³/mol. The summed E-state index contributed by atoms with van der Waals surface area (Å²) in [4.78, 5) is 13.8. The minimum absolute atomic E-state index is 0.215. The molecule has 1 rings (SSSR count). The van der Waals surface area contributed by atoms with Crippen LogP contribution in [-0.4, -0.2) is 37.0 Å². The second-order valence-electron chi connectivity index (χ2n) is 5.46. The van der Waals surface area contributed by atoms with Crippen molar-refractivity contribution in [2.75, 3.05) is 20.6 Å². The first-order chi connectivity index (χ1) is 9.04. The highest BCUT2D eigenvalue weighted by Gasteiger charge is 2.30. The molecule has 0 aliphatic heterocycles. The van der Waals surface area contributed by atoms with Gasteiger partial charge in [0, 0.05) is 17.6 Å². The Morgan fingerprint density at radius 3 is 2.05 bits per heavy atom. The molecule has 112 valence electrons. The predicted octanol–water partition coefficient (Wildman–Crippen LogP) is 2.78. The summed E-state index contributed by atoms with van der Waals surface area (Å²) < 4.78 is 37.2. The van der Waals surface area contributed by atoms with E-state index in [-0.39, 0.29) is 17.0 Å². The zero-order chi connectivity index (χ0) is 15.6. The second-order valence-corrected chi connectivity index (χ2v) is 5.46. The van der Waals surface area contributed by atoms with Gasteiger partial charge in [0.05, 0.1) is 5.56 Å². The van der Waals surface area contributed by atoms with Crippen LogP contribution >= 0.6 is 0 Å². The lowest BCUT2D eigenvalue weighted by atomic mass is 10.0. The summed E-state index contributed by atoms with van der Waals surface area (Å²) in [6, 6.07) is 4.18. The van der Waals surface area contributed by atoms with Crippen molar-refractivity contribution in [1.82, 2.24) is 10.2 Å². The van der Waals surface area contributed by atoms with Crippen molar-refractivity contribution in [3.63, 3.8) is 0 Å². The number of hydrogen-bond donors (Lipinski definition) is 1. The lowest BCUT2D eigenvalue weighted by Gasteiger charge is -2.32. The molecule has 0 heterocycles. The molecule has 6 heteroatoms. The molecule has 0 fully saturated rings. The van der Waals surface area contributed by atoms with E-state index in [0.29, 0.717) is 6.54 Å². The lowest BCUT2D eigenvalue weighted by Crippen LogP contribution is -2.48. The number of alkyl halides is 3. The average molecular weight is 288 g/mol. The number of nitrogens with zero attached hydrogens (tertiary/aromatic N) is 1. The SMILES string of the molecule is CN(C)C(C)(C)CNC(=O)c1ccc(C(F)(F)F)cc1. The van der Waals surface area contributed by atoms with Crippen LogP contribution in [-0.2, 0) is 6.18 Å².